The maximum absolute atomic E-state index is 12.3. The fourth-order valence-electron chi connectivity index (χ4n) is 2.97. The highest BCUT2D eigenvalue weighted by Crippen LogP contribution is 2.27. The normalized spacial score (nSPS) is 19.1. The molecule has 1 amide bonds. The van der Waals surface area contributed by atoms with Gasteiger partial charge in [-0.25, -0.2) is 9.78 Å². The Bertz CT molecular complexity index is 717. The standard InChI is InChI=1S/C17H24N4O2/c1-17(2,3)23-16(22)21-9-8-18-14(11-21)13-10-20(4)15-12(13)6-5-7-19-15/h5-7,10,14,18H,8-9,11H2,1-4H3. The zero-order valence-electron chi connectivity index (χ0n) is 14.2. The van der Waals surface area contributed by atoms with Crippen molar-refractivity contribution in [3.63, 3.8) is 0 Å². The number of rotatable bonds is 1. The van der Waals surface area contributed by atoms with E-state index < -0.39 is 5.60 Å². The van der Waals surface area contributed by atoms with Crippen LogP contribution in [0, 0.1) is 0 Å². The highest BCUT2D eigenvalue weighted by molar-refractivity contribution is 5.81. The average Bonchev–Trinajstić information content (AvgIpc) is 2.83. The molecule has 1 saturated heterocycles. The number of amides is 1. The van der Waals surface area contributed by atoms with Gasteiger partial charge in [0.1, 0.15) is 11.2 Å². The molecular formula is C17H24N4O2. The van der Waals surface area contributed by atoms with E-state index in [1.165, 1.54) is 5.56 Å². The smallest absolute Gasteiger partial charge is 0.410 e. The minimum absolute atomic E-state index is 0.0872. The first-order valence-corrected chi connectivity index (χ1v) is 7.96. The number of hydrogen-bond donors (Lipinski definition) is 1. The summed E-state index contributed by atoms with van der Waals surface area (Å²) in [6.07, 6.45) is 3.64. The number of nitrogens with zero attached hydrogens (tertiary/aromatic N) is 3. The molecule has 23 heavy (non-hydrogen) atoms. The first-order valence-electron chi connectivity index (χ1n) is 7.96. The summed E-state index contributed by atoms with van der Waals surface area (Å²) in [6.45, 7) is 7.68. The summed E-state index contributed by atoms with van der Waals surface area (Å²) in [5, 5.41) is 4.62. The van der Waals surface area contributed by atoms with Gasteiger partial charge in [-0.1, -0.05) is 0 Å². The minimum atomic E-state index is -0.471. The molecule has 0 aromatic carbocycles. The lowest BCUT2D eigenvalue weighted by atomic mass is 10.0. The minimum Gasteiger partial charge on any atom is -0.444 e. The zero-order valence-corrected chi connectivity index (χ0v) is 14.2. The van der Waals surface area contributed by atoms with Gasteiger partial charge in [0.2, 0.25) is 0 Å². The molecule has 3 rings (SSSR count). The molecule has 1 aliphatic rings. The number of fused-ring (bicyclic) bond motifs is 1. The Morgan fingerprint density at radius 3 is 2.96 bits per heavy atom. The molecule has 6 heteroatoms. The van der Waals surface area contributed by atoms with E-state index in [0.717, 1.165) is 17.6 Å². The summed E-state index contributed by atoms with van der Waals surface area (Å²) in [4.78, 5) is 18.5. The van der Waals surface area contributed by atoms with Crippen LogP contribution in [-0.2, 0) is 11.8 Å². The molecule has 1 N–H and O–H groups in total. The van der Waals surface area contributed by atoms with Crippen LogP contribution in [-0.4, -0.2) is 45.8 Å². The van der Waals surface area contributed by atoms with Crippen molar-refractivity contribution in [3.8, 4) is 0 Å². The van der Waals surface area contributed by atoms with Crippen molar-refractivity contribution in [2.24, 2.45) is 7.05 Å². The number of aryl methyl sites for hydroxylation is 1. The van der Waals surface area contributed by atoms with Crippen LogP contribution < -0.4 is 5.32 Å². The van der Waals surface area contributed by atoms with Crippen LogP contribution in [0.5, 0.6) is 0 Å². The summed E-state index contributed by atoms with van der Waals surface area (Å²) >= 11 is 0. The lowest BCUT2D eigenvalue weighted by molar-refractivity contribution is 0.0195. The molecule has 1 fully saturated rings. The molecule has 3 heterocycles. The van der Waals surface area contributed by atoms with Gasteiger partial charge in [0.25, 0.3) is 0 Å². The summed E-state index contributed by atoms with van der Waals surface area (Å²) in [5.41, 5.74) is 1.66. The Morgan fingerprint density at radius 2 is 2.22 bits per heavy atom. The Balaban J connectivity index is 1.82. The third kappa shape index (κ3) is 3.32. The van der Waals surface area contributed by atoms with Crippen LogP contribution in [0.3, 0.4) is 0 Å². The third-order valence-corrected chi connectivity index (χ3v) is 3.97. The van der Waals surface area contributed by atoms with Crippen LogP contribution in [0.25, 0.3) is 11.0 Å². The van der Waals surface area contributed by atoms with Gasteiger partial charge in [0.05, 0.1) is 6.04 Å². The third-order valence-electron chi connectivity index (χ3n) is 3.97. The molecule has 6 nitrogen and oxygen atoms in total. The van der Waals surface area contributed by atoms with Crippen molar-refractivity contribution < 1.29 is 9.53 Å². The fourth-order valence-corrected chi connectivity index (χ4v) is 2.97. The van der Waals surface area contributed by atoms with Crippen molar-refractivity contribution >= 4 is 17.1 Å². The SMILES string of the molecule is Cn1cc(C2CN(C(=O)OC(C)(C)C)CCN2)c2cccnc21. The molecular weight excluding hydrogens is 292 g/mol. The second-order valence-corrected chi connectivity index (χ2v) is 7.00. The predicted molar refractivity (Wildman–Crippen MR) is 89.3 cm³/mol. The van der Waals surface area contributed by atoms with E-state index in [9.17, 15) is 4.79 Å². The van der Waals surface area contributed by atoms with Gasteiger partial charge in [0, 0.05) is 44.5 Å². The molecule has 2 aromatic heterocycles. The number of aromatic nitrogens is 2. The van der Waals surface area contributed by atoms with Crippen LogP contribution >= 0.6 is 0 Å². The highest BCUT2D eigenvalue weighted by atomic mass is 16.6. The van der Waals surface area contributed by atoms with Gasteiger partial charge in [-0.2, -0.15) is 0 Å². The van der Waals surface area contributed by atoms with E-state index in [1.54, 1.807) is 11.1 Å². The van der Waals surface area contributed by atoms with E-state index >= 15 is 0 Å². The first-order chi connectivity index (χ1) is 10.8. The van der Waals surface area contributed by atoms with E-state index in [2.05, 4.69) is 22.6 Å². The second-order valence-electron chi connectivity index (χ2n) is 7.00. The van der Waals surface area contributed by atoms with Gasteiger partial charge in [-0.05, 0) is 38.5 Å². The van der Waals surface area contributed by atoms with Gasteiger partial charge in [-0.3, -0.25) is 0 Å². The molecule has 2 aromatic rings. The maximum Gasteiger partial charge on any atom is 0.410 e. The largest absolute Gasteiger partial charge is 0.444 e. The molecule has 1 aliphatic heterocycles. The molecule has 0 saturated carbocycles. The number of carbonyl (C=O) groups is 1. The topological polar surface area (TPSA) is 59.4 Å². The van der Waals surface area contributed by atoms with Gasteiger partial charge < -0.3 is 19.5 Å². The van der Waals surface area contributed by atoms with Crippen molar-refractivity contribution in [1.29, 1.82) is 0 Å². The van der Waals surface area contributed by atoms with Gasteiger partial charge in [-0.15, -0.1) is 0 Å². The summed E-state index contributed by atoms with van der Waals surface area (Å²) < 4.78 is 7.52. The summed E-state index contributed by atoms with van der Waals surface area (Å²) in [6, 6.07) is 4.11. The highest BCUT2D eigenvalue weighted by Gasteiger charge is 2.29. The Labute approximate surface area is 136 Å². The fraction of sp³-hybridized carbons (Fsp3) is 0.529. The van der Waals surface area contributed by atoms with E-state index in [-0.39, 0.29) is 12.1 Å². The van der Waals surface area contributed by atoms with Crippen LogP contribution in [0.4, 0.5) is 4.79 Å². The molecule has 0 bridgehead atoms. The molecule has 124 valence electrons. The number of piperazine rings is 1. The maximum atomic E-state index is 12.3. The van der Waals surface area contributed by atoms with Crippen LogP contribution in [0.2, 0.25) is 0 Å². The number of nitrogens with one attached hydrogen (secondary N) is 1. The predicted octanol–water partition coefficient (Wildman–Crippen LogP) is 2.45. The molecule has 1 unspecified atom stereocenters. The van der Waals surface area contributed by atoms with Crippen molar-refractivity contribution in [3.05, 3.63) is 30.1 Å². The lowest BCUT2D eigenvalue weighted by Gasteiger charge is -2.34. The van der Waals surface area contributed by atoms with Crippen molar-refractivity contribution in [2.75, 3.05) is 19.6 Å². The monoisotopic (exact) mass is 316 g/mol. The Hall–Kier alpha value is -2.08. The Kier molecular flexibility index (Phi) is 4.02. The number of carbonyl (C=O) groups excluding carboxylic acids is 1. The summed E-state index contributed by atoms with van der Waals surface area (Å²) in [7, 11) is 1.99. The first kappa shape index (κ1) is 15.8. The summed E-state index contributed by atoms with van der Waals surface area (Å²) in [5.74, 6) is 0. The quantitative estimate of drug-likeness (QED) is 0.878. The second kappa shape index (κ2) is 5.85. The van der Waals surface area contributed by atoms with Crippen LogP contribution in [0.1, 0.15) is 32.4 Å². The van der Waals surface area contributed by atoms with E-state index in [0.29, 0.717) is 13.1 Å². The zero-order chi connectivity index (χ0) is 16.6. The Morgan fingerprint density at radius 1 is 1.43 bits per heavy atom. The number of hydrogen-bond acceptors (Lipinski definition) is 4. The van der Waals surface area contributed by atoms with Crippen molar-refractivity contribution in [1.82, 2.24) is 19.8 Å². The van der Waals surface area contributed by atoms with Gasteiger partial charge in [0.15, 0.2) is 0 Å². The molecule has 1 atom stereocenters. The van der Waals surface area contributed by atoms with Gasteiger partial charge >= 0.3 is 6.09 Å². The van der Waals surface area contributed by atoms with Crippen molar-refractivity contribution in [2.45, 2.75) is 32.4 Å². The number of ether oxygens (including phenoxy) is 1. The lowest BCUT2D eigenvalue weighted by Crippen LogP contribution is -2.49. The molecule has 0 radical (unpaired) electrons. The average molecular weight is 316 g/mol. The van der Waals surface area contributed by atoms with E-state index in [1.807, 2.05) is 38.5 Å². The number of pyridine rings is 1. The molecule has 0 spiro atoms. The molecule has 0 aliphatic carbocycles. The van der Waals surface area contributed by atoms with E-state index in [4.69, 9.17) is 4.74 Å². The van der Waals surface area contributed by atoms with Crippen LogP contribution in [0.15, 0.2) is 24.5 Å².